The van der Waals surface area contributed by atoms with Gasteiger partial charge in [-0.2, -0.15) is 0 Å². The molecule has 0 spiro atoms. The van der Waals surface area contributed by atoms with Gasteiger partial charge in [0.25, 0.3) is 0 Å². The van der Waals surface area contributed by atoms with Crippen molar-refractivity contribution in [3.05, 3.63) is 42.0 Å². The van der Waals surface area contributed by atoms with Crippen molar-refractivity contribution in [2.75, 3.05) is 47.5 Å². The van der Waals surface area contributed by atoms with Crippen molar-refractivity contribution < 1.29 is 27.7 Å². The standard InChI is InChI=1S/C29H52NO5P/c1-5-6-7-8-9-10-11-12-13-14-15-16-17-18-25-33-29-21-19-28(20-22-29)23-26-34-36(31,32)35-27-24-30(2,3)4/h10-11,19-22H,5-9,12-18,23-27H2,1-4H3/p+1/b11-10-. The average Bonchev–Trinajstić information content (AvgIpc) is 2.81. The Labute approximate surface area is 221 Å². The minimum absolute atomic E-state index is 0.133. The van der Waals surface area contributed by atoms with Gasteiger partial charge in [0.05, 0.1) is 34.4 Å². The van der Waals surface area contributed by atoms with Gasteiger partial charge in [-0.25, -0.2) is 4.57 Å². The van der Waals surface area contributed by atoms with Crippen molar-refractivity contribution in [1.29, 1.82) is 0 Å². The number of phosphoric ester groups is 1. The minimum Gasteiger partial charge on any atom is -0.494 e. The van der Waals surface area contributed by atoms with Gasteiger partial charge >= 0.3 is 7.82 Å². The molecule has 208 valence electrons. The Morgan fingerprint density at radius 1 is 0.778 bits per heavy atom. The molecule has 1 atom stereocenters. The molecule has 0 aliphatic heterocycles. The van der Waals surface area contributed by atoms with E-state index in [9.17, 15) is 9.46 Å². The third kappa shape index (κ3) is 20.0. The fourth-order valence-corrected chi connectivity index (χ4v) is 4.39. The number of rotatable bonds is 23. The van der Waals surface area contributed by atoms with Crippen LogP contribution in [-0.2, 0) is 20.0 Å². The number of phosphoric acid groups is 1. The Hall–Kier alpha value is -1.17. The number of benzene rings is 1. The molecule has 0 bridgehead atoms. The Bertz CT molecular complexity index is 730. The zero-order valence-electron chi connectivity index (χ0n) is 23.5. The maximum Gasteiger partial charge on any atom is 0.472 e. The van der Waals surface area contributed by atoms with E-state index in [-0.39, 0.29) is 13.2 Å². The largest absolute Gasteiger partial charge is 0.494 e. The monoisotopic (exact) mass is 526 g/mol. The van der Waals surface area contributed by atoms with Gasteiger partial charge in [-0.05, 0) is 56.2 Å². The Balaban J connectivity index is 2.02. The van der Waals surface area contributed by atoms with Crippen molar-refractivity contribution in [2.45, 2.75) is 90.4 Å². The van der Waals surface area contributed by atoms with Crippen LogP contribution in [0.4, 0.5) is 0 Å². The van der Waals surface area contributed by atoms with E-state index in [0.717, 1.165) is 24.3 Å². The lowest BCUT2D eigenvalue weighted by Crippen LogP contribution is -2.37. The first-order valence-electron chi connectivity index (χ1n) is 14.0. The number of likely N-dealkylation sites (N-methyl/N-ethyl adjacent to an activating group) is 1. The highest BCUT2D eigenvalue weighted by atomic mass is 31.2. The summed E-state index contributed by atoms with van der Waals surface area (Å²) in [6.45, 7) is 3.94. The number of allylic oxidation sites excluding steroid dienone is 2. The second kappa shape index (κ2) is 19.9. The molecule has 0 aliphatic rings. The van der Waals surface area contributed by atoms with E-state index in [0.29, 0.717) is 17.4 Å². The summed E-state index contributed by atoms with van der Waals surface area (Å²) >= 11 is 0. The van der Waals surface area contributed by atoms with Gasteiger partial charge in [-0.1, -0.05) is 76.2 Å². The third-order valence-corrected chi connectivity index (χ3v) is 7.03. The smallest absolute Gasteiger partial charge is 0.472 e. The van der Waals surface area contributed by atoms with Crippen molar-refractivity contribution >= 4 is 7.82 Å². The molecule has 36 heavy (non-hydrogen) atoms. The molecule has 0 radical (unpaired) electrons. The van der Waals surface area contributed by atoms with Gasteiger partial charge in [-0.3, -0.25) is 9.05 Å². The van der Waals surface area contributed by atoms with Crippen LogP contribution in [0.2, 0.25) is 0 Å². The van der Waals surface area contributed by atoms with Crippen LogP contribution in [0, 0.1) is 0 Å². The molecule has 1 unspecified atom stereocenters. The SMILES string of the molecule is CCCCCC/C=C\CCCCCCCCOc1ccc(CCOP(=O)(O)OCC[N+](C)(C)C)cc1. The number of hydrogen-bond donors (Lipinski definition) is 1. The highest BCUT2D eigenvalue weighted by molar-refractivity contribution is 7.47. The van der Waals surface area contributed by atoms with Crippen molar-refractivity contribution in [2.24, 2.45) is 0 Å². The number of unbranched alkanes of at least 4 members (excludes halogenated alkanes) is 10. The van der Waals surface area contributed by atoms with Crippen molar-refractivity contribution in [3.8, 4) is 5.75 Å². The second-order valence-corrected chi connectivity index (χ2v) is 12.1. The van der Waals surface area contributed by atoms with E-state index in [1.807, 2.05) is 45.4 Å². The fraction of sp³-hybridized carbons (Fsp3) is 0.724. The number of quaternary nitrogens is 1. The first kappa shape index (κ1) is 32.9. The Kier molecular flexibility index (Phi) is 18.1. The van der Waals surface area contributed by atoms with E-state index < -0.39 is 7.82 Å². The van der Waals surface area contributed by atoms with Crippen LogP contribution in [0.25, 0.3) is 0 Å². The first-order chi connectivity index (χ1) is 17.2. The molecular formula is C29H53NO5P+. The summed E-state index contributed by atoms with van der Waals surface area (Å²) in [6, 6.07) is 7.84. The number of hydrogen-bond acceptors (Lipinski definition) is 4. The summed E-state index contributed by atoms with van der Waals surface area (Å²) in [7, 11) is 1.99. The van der Waals surface area contributed by atoms with Crippen LogP contribution in [-0.4, -0.2) is 56.9 Å². The van der Waals surface area contributed by atoms with E-state index in [2.05, 4.69) is 19.1 Å². The summed E-state index contributed by atoms with van der Waals surface area (Å²) in [4.78, 5) is 9.78. The van der Waals surface area contributed by atoms with Gasteiger partial charge in [0.1, 0.15) is 18.9 Å². The lowest BCUT2D eigenvalue weighted by atomic mass is 10.1. The quantitative estimate of drug-likeness (QED) is 0.0685. The maximum atomic E-state index is 11.9. The average molecular weight is 527 g/mol. The normalized spacial score (nSPS) is 13.8. The Morgan fingerprint density at radius 2 is 1.33 bits per heavy atom. The number of nitrogens with zero attached hydrogens (tertiary/aromatic N) is 1. The molecule has 0 heterocycles. The Morgan fingerprint density at radius 3 is 1.94 bits per heavy atom. The van der Waals surface area contributed by atoms with Gasteiger partial charge in [0, 0.05) is 0 Å². The molecular weight excluding hydrogens is 473 g/mol. The van der Waals surface area contributed by atoms with E-state index in [1.54, 1.807) is 0 Å². The highest BCUT2D eigenvalue weighted by Gasteiger charge is 2.22. The highest BCUT2D eigenvalue weighted by Crippen LogP contribution is 2.43. The maximum absolute atomic E-state index is 11.9. The summed E-state index contributed by atoms with van der Waals surface area (Å²) in [5.74, 6) is 0.859. The fourth-order valence-electron chi connectivity index (χ4n) is 3.68. The molecule has 0 amide bonds. The molecule has 0 saturated heterocycles. The molecule has 0 aromatic heterocycles. The van der Waals surface area contributed by atoms with E-state index in [4.69, 9.17) is 13.8 Å². The zero-order chi connectivity index (χ0) is 26.5. The predicted octanol–water partition coefficient (Wildman–Crippen LogP) is 7.71. The van der Waals surface area contributed by atoms with Gasteiger partial charge in [0.2, 0.25) is 0 Å². The molecule has 7 heteroatoms. The molecule has 0 fully saturated rings. The van der Waals surface area contributed by atoms with Crippen LogP contribution in [0.15, 0.2) is 36.4 Å². The first-order valence-corrected chi connectivity index (χ1v) is 15.5. The topological polar surface area (TPSA) is 65.0 Å². The predicted molar refractivity (Wildman–Crippen MR) is 150 cm³/mol. The molecule has 0 saturated carbocycles. The van der Waals surface area contributed by atoms with Crippen LogP contribution >= 0.6 is 7.82 Å². The van der Waals surface area contributed by atoms with Crippen LogP contribution in [0.1, 0.15) is 89.5 Å². The number of ether oxygens (including phenoxy) is 1. The third-order valence-electron chi connectivity index (χ3n) is 6.01. The van der Waals surface area contributed by atoms with Crippen LogP contribution in [0.5, 0.6) is 5.75 Å². The summed E-state index contributed by atoms with van der Waals surface area (Å²) < 4.78 is 28.6. The van der Waals surface area contributed by atoms with Gasteiger partial charge in [-0.15, -0.1) is 0 Å². The molecule has 1 rings (SSSR count). The zero-order valence-corrected chi connectivity index (χ0v) is 24.4. The summed E-state index contributed by atoms with van der Waals surface area (Å²) in [5.41, 5.74) is 1.03. The van der Waals surface area contributed by atoms with Gasteiger partial charge < -0.3 is 14.1 Å². The van der Waals surface area contributed by atoms with Crippen molar-refractivity contribution in [1.82, 2.24) is 0 Å². The second-order valence-electron chi connectivity index (χ2n) is 10.6. The van der Waals surface area contributed by atoms with E-state index >= 15 is 0 Å². The van der Waals surface area contributed by atoms with Crippen LogP contribution < -0.4 is 4.74 Å². The van der Waals surface area contributed by atoms with Crippen molar-refractivity contribution in [3.63, 3.8) is 0 Å². The summed E-state index contributed by atoms with van der Waals surface area (Å²) in [6.07, 6.45) is 20.6. The van der Waals surface area contributed by atoms with Crippen LogP contribution in [0.3, 0.4) is 0 Å². The molecule has 1 aromatic rings. The molecule has 0 aliphatic carbocycles. The van der Waals surface area contributed by atoms with E-state index in [1.165, 1.54) is 70.6 Å². The molecule has 1 aromatic carbocycles. The van der Waals surface area contributed by atoms with Gasteiger partial charge in [0.15, 0.2) is 0 Å². The summed E-state index contributed by atoms with van der Waals surface area (Å²) in [5, 5.41) is 0. The minimum atomic E-state index is -4.00. The lowest BCUT2D eigenvalue weighted by Gasteiger charge is -2.24. The lowest BCUT2D eigenvalue weighted by molar-refractivity contribution is -0.870. The molecule has 1 N–H and O–H groups in total. The molecule has 6 nitrogen and oxygen atoms in total.